The van der Waals surface area contributed by atoms with Gasteiger partial charge in [0, 0.05) is 6.54 Å². The number of aliphatic hydroxyl groups is 1. The van der Waals surface area contributed by atoms with Gasteiger partial charge < -0.3 is 19.8 Å². The number of nitrogens with zero attached hydrogens (tertiary/aromatic N) is 1. The highest BCUT2D eigenvalue weighted by atomic mass is 16.5. The third-order valence-corrected chi connectivity index (χ3v) is 3.80. The number of aliphatic hydroxyl groups excluding tert-OH is 1. The third kappa shape index (κ3) is 9.51. The first-order chi connectivity index (χ1) is 12.1. The molecule has 1 rings (SSSR count). The first-order valence-electron chi connectivity index (χ1n) is 9.04. The van der Waals surface area contributed by atoms with Crippen LogP contribution >= 0.6 is 0 Å². The topological polar surface area (TPSA) is 63.1 Å². The highest BCUT2D eigenvalue weighted by Gasteiger charge is 2.18. The molecule has 0 fully saturated rings. The predicted octanol–water partition coefficient (Wildman–Crippen LogP) is 2.51. The van der Waals surface area contributed by atoms with Gasteiger partial charge in [-0.3, -0.25) is 4.99 Å². The first-order valence-corrected chi connectivity index (χ1v) is 9.04. The summed E-state index contributed by atoms with van der Waals surface area (Å²) < 4.78 is 10.1. The van der Waals surface area contributed by atoms with E-state index in [0.717, 1.165) is 37.3 Å². The van der Waals surface area contributed by atoms with Crippen LogP contribution < -0.4 is 10.1 Å². The summed E-state index contributed by atoms with van der Waals surface area (Å²) in [6.45, 7) is 8.45. The Morgan fingerprint density at radius 2 is 1.96 bits per heavy atom. The quantitative estimate of drug-likeness (QED) is 0.249. The minimum Gasteiger partial charge on any atom is -0.560 e. The van der Waals surface area contributed by atoms with Gasteiger partial charge in [-0.25, -0.2) is 0 Å². The third-order valence-electron chi connectivity index (χ3n) is 3.80. The van der Waals surface area contributed by atoms with Crippen LogP contribution in [0.15, 0.2) is 29.3 Å². The van der Waals surface area contributed by atoms with Crippen molar-refractivity contribution in [1.82, 2.24) is 5.32 Å². The Balaban J connectivity index is 2.59. The summed E-state index contributed by atoms with van der Waals surface area (Å²) in [6.07, 6.45) is 3.32. The summed E-state index contributed by atoms with van der Waals surface area (Å²) in [5, 5.41) is 13.7. The summed E-state index contributed by atoms with van der Waals surface area (Å²) in [4.78, 5) is 4.22. The molecule has 0 saturated carbocycles. The van der Waals surface area contributed by atoms with Crippen LogP contribution in [-0.4, -0.2) is 51.4 Å². The van der Waals surface area contributed by atoms with Crippen molar-refractivity contribution in [1.29, 1.82) is 0 Å². The fraction of sp³-hybridized carbons (Fsp3) is 0.632. The first kappa shape index (κ1) is 21.5. The van der Waals surface area contributed by atoms with Crippen molar-refractivity contribution >= 4 is 14.4 Å². The molecule has 0 aliphatic heterocycles. The van der Waals surface area contributed by atoms with Crippen LogP contribution in [0.5, 0.6) is 5.75 Å². The minimum atomic E-state index is -0.620. The molecule has 1 aromatic rings. The Bertz CT molecular complexity index is 480. The molecule has 0 saturated heterocycles. The number of hydrogen-bond donors (Lipinski definition) is 2. The number of benzene rings is 1. The Morgan fingerprint density at radius 3 is 2.56 bits per heavy atom. The van der Waals surface area contributed by atoms with Crippen molar-refractivity contribution in [2.75, 3.05) is 19.7 Å². The predicted molar refractivity (Wildman–Crippen MR) is 103 cm³/mol. The highest BCUT2D eigenvalue weighted by molar-refractivity contribution is 6.02. The Hall–Kier alpha value is -1.53. The van der Waals surface area contributed by atoms with E-state index in [-0.39, 0.29) is 6.04 Å². The lowest BCUT2D eigenvalue weighted by molar-refractivity contribution is 0.141. The molecule has 0 bridgehead atoms. The summed E-state index contributed by atoms with van der Waals surface area (Å²) in [6, 6.07) is 7.58. The molecule has 2 N–H and O–H groups in total. The van der Waals surface area contributed by atoms with Crippen LogP contribution in [0.3, 0.4) is 0 Å². The molecule has 25 heavy (non-hydrogen) atoms. The van der Waals surface area contributed by atoms with E-state index in [0.29, 0.717) is 18.9 Å². The minimum absolute atomic E-state index is 0.324. The molecule has 0 spiro atoms. The maximum absolute atomic E-state index is 10.4. The van der Waals surface area contributed by atoms with Crippen molar-refractivity contribution in [3.8, 4) is 5.75 Å². The molecule has 138 valence electrons. The summed E-state index contributed by atoms with van der Waals surface area (Å²) in [5.74, 6) is 1.39. The number of unbranched alkanes of at least 4 members (excludes halogenated alkanes) is 1. The zero-order valence-electron chi connectivity index (χ0n) is 15.6. The van der Waals surface area contributed by atoms with Gasteiger partial charge in [0.1, 0.15) is 5.75 Å². The molecule has 0 heterocycles. The van der Waals surface area contributed by atoms with E-state index in [2.05, 4.69) is 35.7 Å². The van der Waals surface area contributed by atoms with Gasteiger partial charge in [0.2, 0.25) is 0 Å². The second kappa shape index (κ2) is 12.8. The van der Waals surface area contributed by atoms with Gasteiger partial charge >= 0.3 is 8.05 Å². The fourth-order valence-corrected chi connectivity index (χ4v) is 2.35. The smallest absolute Gasteiger partial charge is 0.375 e. The largest absolute Gasteiger partial charge is 0.560 e. The number of nitrogens with one attached hydrogen (secondary N) is 1. The molecule has 0 amide bonds. The zero-order chi connectivity index (χ0) is 18.5. The Kier molecular flexibility index (Phi) is 11.0. The van der Waals surface area contributed by atoms with Crippen LogP contribution in [0.2, 0.25) is 0 Å². The molecule has 1 unspecified atom stereocenters. The van der Waals surface area contributed by atoms with E-state index in [1.54, 1.807) is 0 Å². The molecule has 5 nitrogen and oxygen atoms in total. The lowest BCUT2D eigenvalue weighted by atomic mass is 10.0. The van der Waals surface area contributed by atoms with E-state index in [4.69, 9.17) is 12.8 Å². The van der Waals surface area contributed by atoms with Gasteiger partial charge in [-0.05, 0) is 43.0 Å². The van der Waals surface area contributed by atoms with E-state index in [1.165, 1.54) is 6.40 Å². The van der Waals surface area contributed by atoms with Gasteiger partial charge in [0.25, 0.3) is 0 Å². The van der Waals surface area contributed by atoms with Crippen molar-refractivity contribution in [2.24, 2.45) is 10.9 Å². The Morgan fingerprint density at radius 1 is 1.24 bits per heavy atom. The molecule has 2 radical (unpaired) electrons. The van der Waals surface area contributed by atoms with Gasteiger partial charge in [0.05, 0.1) is 18.8 Å². The van der Waals surface area contributed by atoms with Crippen molar-refractivity contribution in [3.05, 3.63) is 29.8 Å². The van der Waals surface area contributed by atoms with E-state index < -0.39 is 6.10 Å². The van der Waals surface area contributed by atoms with Crippen LogP contribution in [0.25, 0.3) is 0 Å². The Labute approximate surface area is 153 Å². The SMILES string of the molecule is [B]OC=N[C@@H](Cc1ccc(OCCCC)cc1)C(O)CNCC(C)C. The van der Waals surface area contributed by atoms with Crippen LogP contribution in [-0.2, 0) is 11.1 Å². The number of aliphatic imine (C=N–C) groups is 1. The van der Waals surface area contributed by atoms with Crippen molar-refractivity contribution in [2.45, 2.75) is 52.2 Å². The van der Waals surface area contributed by atoms with Gasteiger partial charge in [0.15, 0.2) is 6.40 Å². The standard InChI is InChI=1S/C19H31BN2O3/c1-4-5-10-24-17-8-6-16(7-9-17)11-18(22-14-25-20)19(23)13-21-12-15(2)3/h6-9,14-15,18-19,21,23H,4-5,10-13H2,1-3H3/t18-,19?/m0/s1. The molecule has 6 heteroatoms. The maximum Gasteiger partial charge on any atom is 0.375 e. The number of ether oxygens (including phenoxy) is 1. The molecular weight excluding hydrogens is 315 g/mol. The van der Waals surface area contributed by atoms with Crippen LogP contribution in [0, 0.1) is 5.92 Å². The molecule has 0 aromatic heterocycles. The monoisotopic (exact) mass is 346 g/mol. The van der Waals surface area contributed by atoms with Gasteiger partial charge in [-0.1, -0.05) is 39.3 Å². The lowest BCUT2D eigenvalue weighted by Gasteiger charge is -2.20. The fourth-order valence-electron chi connectivity index (χ4n) is 2.35. The normalized spacial score (nSPS) is 14.0. The average Bonchev–Trinajstić information content (AvgIpc) is 2.59. The van der Waals surface area contributed by atoms with E-state index >= 15 is 0 Å². The summed E-state index contributed by atoms with van der Waals surface area (Å²) in [5.41, 5.74) is 1.07. The second-order valence-electron chi connectivity index (χ2n) is 6.63. The zero-order valence-corrected chi connectivity index (χ0v) is 15.6. The number of hydrogen-bond acceptors (Lipinski definition) is 5. The van der Waals surface area contributed by atoms with Gasteiger partial charge in [-0.2, -0.15) is 0 Å². The van der Waals surface area contributed by atoms with Crippen LogP contribution in [0.1, 0.15) is 39.2 Å². The average molecular weight is 346 g/mol. The van der Waals surface area contributed by atoms with Gasteiger partial charge in [-0.15, -0.1) is 0 Å². The van der Waals surface area contributed by atoms with E-state index in [9.17, 15) is 5.11 Å². The second-order valence-corrected chi connectivity index (χ2v) is 6.63. The summed E-state index contributed by atoms with van der Waals surface area (Å²) >= 11 is 0. The van der Waals surface area contributed by atoms with Crippen LogP contribution in [0.4, 0.5) is 0 Å². The maximum atomic E-state index is 10.4. The van der Waals surface area contributed by atoms with Crippen molar-refractivity contribution in [3.63, 3.8) is 0 Å². The van der Waals surface area contributed by atoms with E-state index in [1.807, 2.05) is 24.3 Å². The molecule has 0 aliphatic rings. The lowest BCUT2D eigenvalue weighted by Crippen LogP contribution is -2.38. The molecular formula is C19H31BN2O3. The highest BCUT2D eigenvalue weighted by Crippen LogP contribution is 2.16. The number of rotatable bonds is 13. The molecule has 1 aromatic carbocycles. The molecule has 2 atom stereocenters. The molecule has 0 aliphatic carbocycles. The van der Waals surface area contributed by atoms with Crippen molar-refractivity contribution < 1.29 is 14.5 Å². The summed E-state index contributed by atoms with van der Waals surface area (Å²) in [7, 11) is 5.02.